The predicted molar refractivity (Wildman–Crippen MR) is 68.1 cm³/mol. The summed E-state index contributed by atoms with van der Waals surface area (Å²) in [6, 6.07) is 0. The fraction of sp³-hybridized carbons (Fsp3) is 0.600. The highest BCUT2D eigenvalue weighted by Crippen LogP contribution is 2.23. The molecular formula is C10H15N3O4S. The van der Waals surface area contributed by atoms with E-state index in [4.69, 9.17) is 5.11 Å². The maximum Gasteiger partial charge on any atom is 0.363 e. The molecule has 1 heterocycles. The van der Waals surface area contributed by atoms with E-state index < -0.39 is 22.3 Å². The van der Waals surface area contributed by atoms with Crippen molar-refractivity contribution in [2.24, 2.45) is 0 Å². The summed E-state index contributed by atoms with van der Waals surface area (Å²) in [6.45, 7) is 6.62. The molecule has 0 aliphatic heterocycles. The Labute approximate surface area is 108 Å². The molecule has 7 nitrogen and oxygen atoms in total. The quantitative estimate of drug-likeness (QED) is 0.651. The maximum absolute atomic E-state index is 10.8. The summed E-state index contributed by atoms with van der Waals surface area (Å²) >= 11 is 1.68. The van der Waals surface area contributed by atoms with Gasteiger partial charge in [0.1, 0.15) is 6.20 Å². The van der Waals surface area contributed by atoms with Crippen LogP contribution in [0.2, 0.25) is 0 Å². The van der Waals surface area contributed by atoms with Gasteiger partial charge in [-0.3, -0.25) is 14.8 Å². The van der Waals surface area contributed by atoms with Gasteiger partial charge in [-0.15, -0.1) is 0 Å². The molecule has 100 valence electrons. The molecule has 0 bridgehead atoms. The third-order valence-electron chi connectivity index (χ3n) is 2.00. The highest BCUT2D eigenvalue weighted by Gasteiger charge is 2.25. The normalized spacial score (nSPS) is 11.5. The van der Waals surface area contributed by atoms with E-state index in [1.807, 2.05) is 0 Å². The van der Waals surface area contributed by atoms with Crippen LogP contribution in [0.25, 0.3) is 0 Å². The molecule has 0 aromatic carbocycles. The van der Waals surface area contributed by atoms with E-state index in [2.05, 4.69) is 25.9 Å². The zero-order chi connectivity index (χ0) is 13.9. The van der Waals surface area contributed by atoms with Crippen molar-refractivity contribution in [2.45, 2.75) is 32.1 Å². The molecule has 1 rings (SSSR count). The minimum Gasteiger partial charge on any atom is -0.476 e. The van der Waals surface area contributed by atoms with E-state index in [0.29, 0.717) is 12.3 Å². The van der Waals surface area contributed by atoms with E-state index >= 15 is 0 Å². The molecule has 18 heavy (non-hydrogen) atoms. The third-order valence-corrected chi connectivity index (χ3v) is 3.25. The van der Waals surface area contributed by atoms with Crippen LogP contribution < -0.4 is 0 Å². The molecule has 0 fully saturated rings. The van der Waals surface area contributed by atoms with Crippen LogP contribution in [0, 0.1) is 10.1 Å². The van der Waals surface area contributed by atoms with Gasteiger partial charge in [-0.2, -0.15) is 16.9 Å². The monoisotopic (exact) mass is 273 g/mol. The third kappa shape index (κ3) is 4.02. The number of rotatable bonds is 5. The molecule has 0 amide bonds. The van der Waals surface area contributed by atoms with Crippen LogP contribution in [-0.2, 0) is 6.54 Å². The Kier molecular flexibility index (Phi) is 4.33. The van der Waals surface area contributed by atoms with Crippen molar-refractivity contribution in [1.82, 2.24) is 9.78 Å². The Bertz CT molecular complexity index is 433. The lowest BCUT2D eigenvalue weighted by Gasteiger charge is -2.16. The highest BCUT2D eigenvalue weighted by atomic mass is 32.2. The van der Waals surface area contributed by atoms with E-state index in [9.17, 15) is 14.9 Å². The molecule has 0 aliphatic rings. The van der Waals surface area contributed by atoms with Crippen molar-refractivity contribution >= 4 is 23.4 Å². The Hall–Kier alpha value is -1.57. The number of nitrogens with zero attached hydrogens (tertiary/aromatic N) is 3. The summed E-state index contributed by atoms with van der Waals surface area (Å²) in [5, 5.41) is 23.2. The summed E-state index contributed by atoms with van der Waals surface area (Å²) in [4.78, 5) is 20.7. The zero-order valence-electron chi connectivity index (χ0n) is 10.4. The van der Waals surface area contributed by atoms with Crippen LogP contribution in [0.5, 0.6) is 0 Å². The molecule has 8 heteroatoms. The number of thioether (sulfide) groups is 1. The number of carboxylic acid groups (broad SMARTS) is 1. The Morgan fingerprint density at radius 1 is 1.61 bits per heavy atom. The number of aryl methyl sites for hydroxylation is 1. The molecule has 1 aromatic heterocycles. The summed E-state index contributed by atoms with van der Waals surface area (Å²) in [7, 11) is 0. The summed E-state index contributed by atoms with van der Waals surface area (Å²) in [6.07, 6.45) is 1.16. The fourth-order valence-electron chi connectivity index (χ4n) is 1.26. The molecule has 0 saturated heterocycles. The topological polar surface area (TPSA) is 98.3 Å². The van der Waals surface area contributed by atoms with Crippen molar-refractivity contribution in [3.63, 3.8) is 0 Å². The van der Waals surface area contributed by atoms with Crippen molar-refractivity contribution in [3.8, 4) is 0 Å². The molecule has 1 N–H and O–H groups in total. The maximum atomic E-state index is 10.8. The van der Waals surface area contributed by atoms with Crippen LogP contribution in [0.3, 0.4) is 0 Å². The van der Waals surface area contributed by atoms with Gasteiger partial charge in [0.15, 0.2) is 0 Å². The highest BCUT2D eigenvalue weighted by molar-refractivity contribution is 8.00. The first-order valence-corrected chi connectivity index (χ1v) is 6.28. The van der Waals surface area contributed by atoms with Gasteiger partial charge >= 0.3 is 11.7 Å². The largest absolute Gasteiger partial charge is 0.476 e. The molecule has 0 spiro atoms. The van der Waals surface area contributed by atoms with Crippen LogP contribution in [-0.4, -0.2) is 36.3 Å². The van der Waals surface area contributed by atoms with Crippen molar-refractivity contribution in [3.05, 3.63) is 22.0 Å². The van der Waals surface area contributed by atoms with Gasteiger partial charge in [0, 0.05) is 10.5 Å². The average molecular weight is 273 g/mol. The van der Waals surface area contributed by atoms with Crippen LogP contribution in [0.1, 0.15) is 31.3 Å². The molecule has 0 unspecified atom stereocenters. The molecular weight excluding hydrogens is 258 g/mol. The second-order valence-corrected chi connectivity index (χ2v) is 6.57. The van der Waals surface area contributed by atoms with Gasteiger partial charge in [-0.25, -0.2) is 4.79 Å². The smallest absolute Gasteiger partial charge is 0.363 e. The summed E-state index contributed by atoms with van der Waals surface area (Å²) in [5.41, 5.74) is -0.982. The van der Waals surface area contributed by atoms with Crippen molar-refractivity contribution in [2.75, 3.05) is 5.75 Å². The first-order chi connectivity index (χ1) is 8.20. The van der Waals surface area contributed by atoms with Gasteiger partial charge in [-0.1, -0.05) is 20.8 Å². The Morgan fingerprint density at radius 2 is 2.22 bits per heavy atom. The van der Waals surface area contributed by atoms with Gasteiger partial charge in [0.25, 0.3) is 0 Å². The van der Waals surface area contributed by atoms with Crippen molar-refractivity contribution in [1.29, 1.82) is 0 Å². The van der Waals surface area contributed by atoms with E-state index in [1.165, 1.54) is 4.68 Å². The summed E-state index contributed by atoms with van der Waals surface area (Å²) < 4.78 is 1.40. The van der Waals surface area contributed by atoms with E-state index in [0.717, 1.165) is 6.20 Å². The second kappa shape index (κ2) is 5.38. The standard InChI is InChI=1S/C10H15N3O4S/c1-10(2,3)18-5-4-12-6-7(13(16)17)8(11-12)9(14)15/h6H,4-5H2,1-3H3,(H,14,15). The fourth-order valence-corrected chi connectivity index (χ4v) is 2.15. The SMILES string of the molecule is CC(C)(C)SCCn1cc([N+](=O)[O-])c(C(=O)O)n1. The second-order valence-electron chi connectivity index (χ2n) is 4.65. The van der Waals surface area contributed by atoms with Gasteiger partial charge in [0.05, 0.1) is 11.5 Å². The molecule has 0 saturated carbocycles. The Morgan fingerprint density at radius 3 is 2.61 bits per heavy atom. The number of carbonyl (C=O) groups is 1. The summed E-state index contributed by atoms with van der Waals surface area (Å²) in [5.74, 6) is -0.676. The van der Waals surface area contributed by atoms with E-state index in [1.54, 1.807) is 11.8 Å². The number of carboxylic acids is 1. The van der Waals surface area contributed by atoms with Crippen LogP contribution in [0.15, 0.2) is 6.20 Å². The van der Waals surface area contributed by atoms with Gasteiger partial charge in [0.2, 0.25) is 5.69 Å². The predicted octanol–water partition coefficient (Wildman–Crippen LogP) is 2.02. The number of aromatic nitrogens is 2. The lowest BCUT2D eigenvalue weighted by molar-refractivity contribution is -0.385. The molecule has 0 atom stereocenters. The minimum atomic E-state index is -1.39. The van der Waals surface area contributed by atoms with Crippen molar-refractivity contribution < 1.29 is 14.8 Å². The van der Waals surface area contributed by atoms with Gasteiger partial charge < -0.3 is 5.11 Å². The lowest BCUT2D eigenvalue weighted by atomic mass is 10.3. The first kappa shape index (κ1) is 14.5. The minimum absolute atomic E-state index is 0.0920. The van der Waals surface area contributed by atoms with Crippen LogP contribution in [0.4, 0.5) is 5.69 Å². The first-order valence-electron chi connectivity index (χ1n) is 5.30. The number of nitro groups is 1. The van der Waals surface area contributed by atoms with E-state index in [-0.39, 0.29) is 4.75 Å². The molecule has 1 aromatic rings. The lowest BCUT2D eigenvalue weighted by Crippen LogP contribution is -2.11. The van der Waals surface area contributed by atoms with Crippen LogP contribution >= 0.6 is 11.8 Å². The Balaban J connectivity index is 2.76. The zero-order valence-corrected chi connectivity index (χ0v) is 11.2. The average Bonchev–Trinajstić information content (AvgIpc) is 2.60. The molecule has 0 aliphatic carbocycles. The van der Waals surface area contributed by atoms with Gasteiger partial charge in [-0.05, 0) is 0 Å². The number of hydrogen-bond acceptors (Lipinski definition) is 5. The molecule has 0 radical (unpaired) electrons. The number of aromatic carboxylic acids is 1. The number of hydrogen-bond donors (Lipinski definition) is 1.